The van der Waals surface area contributed by atoms with E-state index in [1.807, 2.05) is 12.1 Å². The number of halogens is 1. The summed E-state index contributed by atoms with van der Waals surface area (Å²) < 4.78 is 5.60. The van der Waals surface area contributed by atoms with Crippen molar-refractivity contribution in [3.8, 4) is 11.5 Å². The number of aromatic nitrogens is 1. The molecule has 144 valence electrons. The highest BCUT2D eigenvalue weighted by atomic mass is 79.9. The van der Waals surface area contributed by atoms with Crippen molar-refractivity contribution in [2.24, 2.45) is 5.10 Å². The molecule has 2 aromatic carbocycles. The number of aromatic hydroxyl groups is 1. The van der Waals surface area contributed by atoms with Crippen molar-refractivity contribution in [3.63, 3.8) is 0 Å². The number of H-pyrrole nitrogens is 1. The maximum Gasteiger partial charge on any atom is 0.271 e. The summed E-state index contributed by atoms with van der Waals surface area (Å²) in [5.41, 5.74) is 7.51. The topological polar surface area (TPSA) is 86.7 Å². The molecule has 0 atom stereocenters. The van der Waals surface area contributed by atoms with Crippen LogP contribution in [0.3, 0.4) is 0 Å². The molecule has 28 heavy (non-hydrogen) atoms. The number of methoxy groups -OCH3 is 1. The van der Waals surface area contributed by atoms with E-state index in [1.54, 1.807) is 18.2 Å². The van der Waals surface area contributed by atoms with E-state index >= 15 is 0 Å². The van der Waals surface area contributed by atoms with Crippen molar-refractivity contribution < 1.29 is 14.6 Å². The molecule has 7 heteroatoms. The van der Waals surface area contributed by atoms with Crippen molar-refractivity contribution in [1.82, 2.24) is 10.4 Å². The van der Waals surface area contributed by atoms with Crippen LogP contribution in [-0.4, -0.2) is 29.3 Å². The first-order valence-corrected chi connectivity index (χ1v) is 9.89. The number of aryl methyl sites for hydroxylation is 2. The Bertz CT molecular complexity index is 1090. The van der Waals surface area contributed by atoms with E-state index < -0.39 is 0 Å². The fourth-order valence-electron chi connectivity index (χ4n) is 3.60. The molecule has 1 aliphatic rings. The average Bonchev–Trinajstić information content (AvgIpc) is 3.08. The van der Waals surface area contributed by atoms with Gasteiger partial charge in [-0.15, -0.1) is 0 Å². The average molecular weight is 442 g/mol. The lowest BCUT2D eigenvalue weighted by molar-refractivity contribution is 0.0955. The van der Waals surface area contributed by atoms with Crippen LogP contribution in [0, 0.1) is 0 Å². The van der Waals surface area contributed by atoms with Crippen LogP contribution in [0.4, 0.5) is 0 Å². The van der Waals surface area contributed by atoms with Crippen molar-refractivity contribution in [2.45, 2.75) is 25.7 Å². The Morgan fingerprint density at radius 2 is 2.11 bits per heavy atom. The predicted molar refractivity (Wildman–Crippen MR) is 112 cm³/mol. The molecular formula is C21H20BrN3O3. The summed E-state index contributed by atoms with van der Waals surface area (Å²) >= 11 is 3.26. The molecule has 0 fully saturated rings. The fraction of sp³-hybridized carbons (Fsp3) is 0.238. The third kappa shape index (κ3) is 3.49. The van der Waals surface area contributed by atoms with Crippen LogP contribution in [0.25, 0.3) is 10.9 Å². The van der Waals surface area contributed by atoms with Gasteiger partial charge in [0.15, 0.2) is 11.5 Å². The quantitative estimate of drug-likeness (QED) is 0.416. The van der Waals surface area contributed by atoms with E-state index in [0.717, 1.165) is 23.7 Å². The van der Waals surface area contributed by atoms with Crippen LogP contribution in [-0.2, 0) is 12.8 Å². The second kappa shape index (κ2) is 7.67. The molecule has 1 heterocycles. The number of amides is 1. The van der Waals surface area contributed by atoms with Crippen LogP contribution in [0.1, 0.15) is 40.0 Å². The first-order valence-electron chi connectivity index (χ1n) is 9.10. The first-order chi connectivity index (χ1) is 13.6. The summed E-state index contributed by atoms with van der Waals surface area (Å²) in [6.07, 6.45) is 6.02. The number of aromatic amines is 1. The maximum absolute atomic E-state index is 12.5. The number of benzene rings is 2. The number of hydrazone groups is 1. The highest BCUT2D eigenvalue weighted by Crippen LogP contribution is 2.34. The number of fused-ring (bicyclic) bond motifs is 3. The van der Waals surface area contributed by atoms with Crippen molar-refractivity contribution in [2.75, 3.05) is 7.11 Å². The Kier molecular flexibility index (Phi) is 5.09. The third-order valence-corrected chi connectivity index (χ3v) is 5.62. The minimum Gasteiger partial charge on any atom is -0.503 e. The molecule has 4 rings (SSSR count). The number of rotatable bonds is 4. The molecule has 0 radical (unpaired) electrons. The Morgan fingerprint density at radius 3 is 2.93 bits per heavy atom. The van der Waals surface area contributed by atoms with Crippen LogP contribution < -0.4 is 10.2 Å². The second-order valence-corrected chi connectivity index (χ2v) is 7.66. The lowest BCUT2D eigenvalue weighted by Crippen LogP contribution is -2.17. The molecule has 0 saturated carbocycles. The zero-order chi connectivity index (χ0) is 19.7. The molecule has 0 bridgehead atoms. The molecule has 0 saturated heterocycles. The van der Waals surface area contributed by atoms with E-state index in [4.69, 9.17) is 4.74 Å². The van der Waals surface area contributed by atoms with E-state index in [9.17, 15) is 9.90 Å². The van der Waals surface area contributed by atoms with E-state index in [0.29, 0.717) is 21.3 Å². The third-order valence-electron chi connectivity index (χ3n) is 5.01. The Hall–Kier alpha value is -2.80. The van der Waals surface area contributed by atoms with E-state index in [-0.39, 0.29) is 11.7 Å². The number of ether oxygens (including phenoxy) is 1. The number of carbonyl (C=O) groups excluding carboxylic acids is 1. The molecule has 1 amide bonds. The predicted octanol–water partition coefficient (Wildman–Crippen LogP) is 4.29. The summed E-state index contributed by atoms with van der Waals surface area (Å²) in [6.45, 7) is 0. The number of hydrogen-bond acceptors (Lipinski definition) is 4. The van der Waals surface area contributed by atoms with E-state index in [2.05, 4.69) is 31.4 Å². The first kappa shape index (κ1) is 18.6. The molecule has 0 unspecified atom stereocenters. The minimum atomic E-state index is -0.270. The summed E-state index contributed by atoms with van der Waals surface area (Å²) in [5.74, 6) is 0.0744. The fourth-order valence-corrected chi connectivity index (χ4v) is 4.06. The van der Waals surface area contributed by atoms with Crippen molar-refractivity contribution in [3.05, 3.63) is 57.2 Å². The largest absolute Gasteiger partial charge is 0.503 e. The van der Waals surface area contributed by atoms with Gasteiger partial charge < -0.3 is 14.8 Å². The summed E-state index contributed by atoms with van der Waals surface area (Å²) in [6, 6.07) is 9.00. The van der Waals surface area contributed by atoms with Crippen LogP contribution in [0.5, 0.6) is 11.5 Å². The standard InChI is InChI=1S/C21H20BrN3O3/c1-28-19-9-12(8-16(22)20(19)26)11-23-25-21(27)13-6-7-18-15(10-13)14-4-2-3-5-17(14)24-18/h6-11,24,26H,2-5H2,1H3,(H,25,27)/b23-11+. The lowest BCUT2D eigenvalue weighted by atomic mass is 9.95. The Balaban J connectivity index is 1.52. The van der Waals surface area contributed by atoms with Gasteiger partial charge in [0.2, 0.25) is 0 Å². The lowest BCUT2D eigenvalue weighted by Gasteiger charge is -2.10. The molecule has 1 aromatic heterocycles. The van der Waals surface area contributed by atoms with Gasteiger partial charge in [0.1, 0.15) is 0 Å². The number of hydrogen-bond donors (Lipinski definition) is 3. The summed E-state index contributed by atoms with van der Waals surface area (Å²) in [5, 5.41) is 15.0. The van der Waals surface area contributed by atoms with E-state index in [1.165, 1.54) is 37.4 Å². The summed E-state index contributed by atoms with van der Waals surface area (Å²) in [4.78, 5) is 16.0. The highest BCUT2D eigenvalue weighted by Gasteiger charge is 2.16. The number of nitrogens with one attached hydrogen (secondary N) is 2. The van der Waals surface area contributed by atoms with Gasteiger partial charge in [-0.05, 0) is 83.1 Å². The zero-order valence-electron chi connectivity index (χ0n) is 15.4. The van der Waals surface area contributed by atoms with Crippen molar-refractivity contribution in [1.29, 1.82) is 0 Å². The minimum absolute atomic E-state index is 0.0202. The summed E-state index contributed by atoms with van der Waals surface area (Å²) in [7, 11) is 1.47. The Labute approximate surface area is 170 Å². The second-order valence-electron chi connectivity index (χ2n) is 6.80. The van der Waals surface area contributed by atoms with Crippen LogP contribution >= 0.6 is 15.9 Å². The molecule has 0 aliphatic heterocycles. The van der Waals surface area contributed by atoms with Gasteiger partial charge in [0.25, 0.3) is 5.91 Å². The number of nitrogens with zero attached hydrogens (tertiary/aromatic N) is 1. The molecular weight excluding hydrogens is 422 g/mol. The van der Waals surface area contributed by atoms with Crippen LogP contribution in [0.2, 0.25) is 0 Å². The maximum atomic E-state index is 12.5. The van der Waals surface area contributed by atoms with Gasteiger partial charge in [-0.2, -0.15) is 5.10 Å². The molecule has 6 nitrogen and oxygen atoms in total. The van der Waals surface area contributed by atoms with Gasteiger partial charge in [-0.1, -0.05) is 0 Å². The normalized spacial score (nSPS) is 13.6. The molecule has 0 spiro atoms. The SMILES string of the molecule is COc1cc(/C=N/NC(=O)c2ccc3[nH]c4c(c3c2)CCCC4)cc(Br)c1O. The van der Waals surface area contributed by atoms with Gasteiger partial charge >= 0.3 is 0 Å². The van der Waals surface area contributed by atoms with Gasteiger partial charge in [-0.3, -0.25) is 4.79 Å². The Morgan fingerprint density at radius 1 is 1.29 bits per heavy atom. The number of phenols is 1. The number of phenolic OH excluding ortho intramolecular Hbond substituents is 1. The highest BCUT2D eigenvalue weighted by molar-refractivity contribution is 9.10. The van der Waals surface area contributed by atoms with Gasteiger partial charge in [0.05, 0.1) is 17.8 Å². The zero-order valence-corrected chi connectivity index (χ0v) is 17.0. The molecule has 3 N–H and O–H groups in total. The molecule has 1 aliphatic carbocycles. The smallest absolute Gasteiger partial charge is 0.271 e. The monoisotopic (exact) mass is 441 g/mol. The van der Waals surface area contributed by atoms with Crippen LogP contribution in [0.15, 0.2) is 39.9 Å². The van der Waals surface area contributed by atoms with Gasteiger partial charge in [0, 0.05) is 22.2 Å². The van der Waals surface area contributed by atoms with Gasteiger partial charge in [-0.25, -0.2) is 5.43 Å². The number of carbonyl (C=O) groups is 1. The molecule has 3 aromatic rings. The van der Waals surface area contributed by atoms with Crippen molar-refractivity contribution >= 4 is 39.0 Å².